The monoisotopic (exact) mass is 314 g/mol. The third-order valence-corrected chi connectivity index (χ3v) is 4.42. The SMILES string of the molecule is CCNc1nc(NCC(C)S(C)=O)nc(N(CC)CC)n1. The summed E-state index contributed by atoms with van der Waals surface area (Å²) in [6.45, 7) is 11.0. The van der Waals surface area contributed by atoms with Crippen molar-refractivity contribution in [2.75, 3.05) is 48.0 Å². The summed E-state index contributed by atoms with van der Waals surface area (Å²) in [5, 5.41) is 6.30. The summed E-state index contributed by atoms with van der Waals surface area (Å²) in [7, 11) is -0.870. The van der Waals surface area contributed by atoms with Gasteiger partial charge in [-0.25, -0.2) is 0 Å². The fourth-order valence-electron chi connectivity index (χ4n) is 1.68. The van der Waals surface area contributed by atoms with E-state index in [0.717, 1.165) is 19.6 Å². The highest BCUT2D eigenvalue weighted by Crippen LogP contribution is 2.13. The first-order valence-electron chi connectivity index (χ1n) is 7.32. The Morgan fingerprint density at radius 2 is 1.67 bits per heavy atom. The van der Waals surface area contributed by atoms with Crippen LogP contribution in [0.25, 0.3) is 0 Å². The number of nitrogens with one attached hydrogen (secondary N) is 2. The molecule has 0 aliphatic rings. The van der Waals surface area contributed by atoms with Gasteiger partial charge in [-0.1, -0.05) is 0 Å². The number of rotatable bonds is 9. The summed E-state index contributed by atoms with van der Waals surface area (Å²) >= 11 is 0. The number of aromatic nitrogens is 3. The first-order valence-corrected chi connectivity index (χ1v) is 8.94. The van der Waals surface area contributed by atoms with E-state index < -0.39 is 10.8 Å². The van der Waals surface area contributed by atoms with Crippen molar-refractivity contribution in [2.24, 2.45) is 0 Å². The summed E-state index contributed by atoms with van der Waals surface area (Å²) in [5.41, 5.74) is 0. The number of nitrogens with zero attached hydrogens (tertiary/aromatic N) is 4. The zero-order valence-corrected chi connectivity index (χ0v) is 14.3. The summed E-state index contributed by atoms with van der Waals surface area (Å²) in [6.07, 6.45) is 1.70. The summed E-state index contributed by atoms with van der Waals surface area (Å²) in [5.74, 6) is 1.72. The second-order valence-electron chi connectivity index (χ2n) is 4.68. The van der Waals surface area contributed by atoms with Crippen LogP contribution in [0.15, 0.2) is 0 Å². The van der Waals surface area contributed by atoms with Crippen LogP contribution in [0.5, 0.6) is 0 Å². The van der Waals surface area contributed by atoms with Crippen molar-refractivity contribution >= 4 is 28.6 Å². The fourth-order valence-corrected chi connectivity index (χ4v) is 2.00. The Bertz CT molecular complexity index is 466. The molecule has 1 aromatic rings. The maximum absolute atomic E-state index is 11.4. The van der Waals surface area contributed by atoms with Gasteiger partial charge in [-0.15, -0.1) is 0 Å². The zero-order valence-electron chi connectivity index (χ0n) is 13.5. The Labute approximate surface area is 129 Å². The van der Waals surface area contributed by atoms with Gasteiger partial charge >= 0.3 is 0 Å². The quantitative estimate of drug-likeness (QED) is 0.711. The first-order chi connectivity index (χ1) is 10.0. The topological polar surface area (TPSA) is 83.0 Å². The summed E-state index contributed by atoms with van der Waals surface area (Å²) in [6, 6.07) is 0. The van der Waals surface area contributed by atoms with Gasteiger partial charge in [0.05, 0.1) is 0 Å². The van der Waals surface area contributed by atoms with E-state index in [1.807, 2.05) is 13.8 Å². The Morgan fingerprint density at radius 3 is 2.14 bits per heavy atom. The summed E-state index contributed by atoms with van der Waals surface area (Å²) < 4.78 is 11.4. The van der Waals surface area contributed by atoms with E-state index in [-0.39, 0.29) is 5.25 Å². The maximum Gasteiger partial charge on any atom is 0.231 e. The third kappa shape index (κ3) is 5.45. The smallest absolute Gasteiger partial charge is 0.231 e. The molecule has 7 nitrogen and oxygen atoms in total. The molecule has 0 radical (unpaired) electrons. The molecule has 1 heterocycles. The van der Waals surface area contributed by atoms with E-state index in [1.165, 1.54) is 0 Å². The lowest BCUT2D eigenvalue weighted by Gasteiger charge is -2.20. The first kappa shape index (κ1) is 17.6. The van der Waals surface area contributed by atoms with Crippen molar-refractivity contribution in [3.63, 3.8) is 0 Å². The molecule has 0 bridgehead atoms. The van der Waals surface area contributed by atoms with Gasteiger partial charge in [0.2, 0.25) is 17.8 Å². The van der Waals surface area contributed by atoms with Gasteiger partial charge in [0.15, 0.2) is 0 Å². The van der Waals surface area contributed by atoms with Crippen molar-refractivity contribution in [1.82, 2.24) is 15.0 Å². The molecule has 0 aliphatic carbocycles. The van der Waals surface area contributed by atoms with Crippen LogP contribution in [-0.2, 0) is 10.8 Å². The van der Waals surface area contributed by atoms with Crippen LogP contribution in [-0.4, -0.2) is 56.8 Å². The highest BCUT2D eigenvalue weighted by molar-refractivity contribution is 7.84. The number of hydrogen-bond donors (Lipinski definition) is 2. The Kier molecular flexibility index (Phi) is 7.35. The molecular formula is C13H26N6OS. The maximum atomic E-state index is 11.4. The molecule has 8 heteroatoms. The lowest BCUT2D eigenvalue weighted by atomic mass is 10.5. The molecule has 120 valence electrons. The number of anilines is 3. The van der Waals surface area contributed by atoms with Gasteiger partial charge in [0.1, 0.15) is 0 Å². The highest BCUT2D eigenvalue weighted by Gasteiger charge is 2.12. The van der Waals surface area contributed by atoms with Crippen LogP contribution in [0.2, 0.25) is 0 Å². The van der Waals surface area contributed by atoms with Gasteiger partial charge < -0.3 is 15.5 Å². The Balaban J connectivity index is 2.93. The average molecular weight is 314 g/mol. The van der Waals surface area contributed by atoms with Crippen LogP contribution >= 0.6 is 0 Å². The lowest BCUT2D eigenvalue weighted by molar-refractivity contribution is 0.678. The minimum absolute atomic E-state index is 0.0428. The average Bonchev–Trinajstić information content (AvgIpc) is 2.46. The van der Waals surface area contributed by atoms with Crippen LogP contribution < -0.4 is 15.5 Å². The van der Waals surface area contributed by atoms with E-state index in [9.17, 15) is 4.21 Å². The molecule has 21 heavy (non-hydrogen) atoms. The van der Waals surface area contributed by atoms with Crippen LogP contribution in [0.1, 0.15) is 27.7 Å². The molecular weight excluding hydrogens is 288 g/mol. The van der Waals surface area contributed by atoms with E-state index in [2.05, 4.69) is 44.3 Å². The predicted molar refractivity (Wildman–Crippen MR) is 89.6 cm³/mol. The van der Waals surface area contributed by atoms with Crippen molar-refractivity contribution in [3.05, 3.63) is 0 Å². The van der Waals surface area contributed by atoms with Gasteiger partial charge in [0.25, 0.3) is 0 Å². The molecule has 1 rings (SSSR count). The largest absolute Gasteiger partial charge is 0.354 e. The molecule has 0 aromatic carbocycles. The molecule has 0 saturated carbocycles. The molecule has 2 N–H and O–H groups in total. The molecule has 1 aromatic heterocycles. The minimum Gasteiger partial charge on any atom is -0.354 e. The molecule has 0 aliphatic heterocycles. The van der Waals surface area contributed by atoms with Crippen LogP contribution in [0, 0.1) is 0 Å². The molecule has 0 spiro atoms. The van der Waals surface area contributed by atoms with Gasteiger partial charge in [-0.2, -0.15) is 15.0 Å². The van der Waals surface area contributed by atoms with Crippen LogP contribution in [0.4, 0.5) is 17.8 Å². The van der Waals surface area contributed by atoms with E-state index in [4.69, 9.17) is 0 Å². The Morgan fingerprint density at radius 1 is 1.10 bits per heavy atom. The Hall–Kier alpha value is -1.44. The molecule has 2 unspecified atom stereocenters. The number of hydrogen-bond acceptors (Lipinski definition) is 7. The predicted octanol–water partition coefficient (Wildman–Crippen LogP) is 1.33. The normalized spacial score (nSPS) is 13.6. The van der Waals surface area contributed by atoms with Gasteiger partial charge in [0, 0.05) is 48.5 Å². The van der Waals surface area contributed by atoms with Crippen molar-refractivity contribution in [1.29, 1.82) is 0 Å². The van der Waals surface area contributed by atoms with Gasteiger partial charge in [-0.05, 0) is 27.7 Å². The fraction of sp³-hybridized carbons (Fsp3) is 0.769. The minimum atomic E-state index is -0.870. The van der Waals surface area contributed by atoms with E-state index >= 15 is 0 Å². The standard InChI is InChI=1S/C13H26N6OS/c1-6-14-11-16-12(15-9-10(4)21(5)20)18-13(17-11)19(7-2)8-3/h10H,6-9H2,1-5H3,(H2,14,15,16,17,18). The van der Waals surface area contributed by atoms with Crippen molar-refractivity contribution in [3.8, 4) is 0 Å². The van der Waals surface area contributed by atoms with Gasteiger partial charge in [-0.3, -0.25) is 4.21 Å². The molecule has 0 saturated heterocycles. The second-order valence-corrected chi connectivity index (χ2v) is 6.48. The zero-order chi connectivity index (χ0) is 15.8. The molecule has 2 atom stereocenters. The second kappa shape index (κ2) is 8.76. The highest BCUT2D eigenvalue weighted by atomic mass is 32.2. The molecule has 0 fully saturated rings. The van der Waals surface area contributed by atoms with E-state index in [1.54, 1.807) is 6.26 Å². The van der Waals surface area contributed by atoms with Crippen LogP contribution in [0.3, 0.4) is 0 Å². The lowest BCUT2D eigenvalue weighted by Crippen LogP contribution is -2.26. The van der Waals surface area contributed by atoms with E-state index in [0.29, 0.717) is 24.4 Å². The van der Waals surface area contributed by atoms with Crippen molar-refractivity contribution < 1.29 is 4.21 Å². The summed E-state index contributed by atoms with van der Waals surface area (Å²) in [4.78, 5) is 15.3. The molecule has 0 amide bonds. The third-order valence-electron chi connectivity index (χ3n) is 3.12. The van der Waals surface area contributed by atoms with Crippen molar-refractivity contribution in [2.45, 2.75) is 32.9 Å².